The number of rotatable bonds is 6. The Bertz CT molecular complexity index is 862. The number of hydrogen-bond donors (Lipinski definition) is 1. The lowest BCUT2D eigenvalue weighted by Gasteiger charge is -2.32. The summed E-state index contributed by atoms with van der Waals surface area (Å²) in [7, 11) is 3.15. The minimum atomic E-state index is -0.0419. The Hall–Kier alpha value is -2.73. The molecule has 0 radical (unpaired) electrons. The molecule has 2 aromatic rings. The quantitative estimate of drug-likeness (QED) is 0.784. The fourth-order valence-electron chi connectivity index (χ4n) is 3.46. The summed E-state index contributed by atoms with van der Waals surface area (Å²) in [6.45, 7) is 1.23. The van der Waals surface area contributed by atoms with E-state index < -0.39 is 0 Å². The molecule has 7 heteroatoms. The van der Waals surface area contributed by atoms with Crippen molar-refractivity contribution in [2.75, 3.05) is 27.3 Å². The first-order valence-electron chi connectivity index (χ1n) is 9.55. The lowest BCUT2D eigenvalue weighted by molar-refractivity contribution is -0.121. The third-order valence-corrected chi connectivity index (χ3v) is 5.30. The van der Waals surface area contributed by atoms with Crippen molar-refractivity contribution in [3.05, 3.63) is 58.6 Å². The molecule has 0 atom stereocenters. The maximum absolute atomic E-state index is 12.6. The van der Waals surface area contributed by atoms with Gasteiger partial charge in [0.15, 0.2) is 11.5 Å². The zero-order chi connectivity index (χ0) is 20.8. The fourth-order valence-corrected chi connectivity index (χ4v) is 3.58. The number of piperidine rings is 1. The number of methoxy groups -OCH3 is 2. The van der Waals surface area contributed by atoms with Crippen molar-refractivity contribution in [1.29, 1.82) is 0 Å². The molecule has 2 aromatic carbocycles. The van der Waals surface area contributed by atoms with E-state index in [0.717, 1.165) is 18.4 Å². The third-order valence-electron chi connectivity index (χ3n) is 5.05. The number of hydrogen-bond acceptors (Lipinski definition) is 4. The number of ether oxygens (including phenoxy) is 2. The highest BCUT2D eigenvalue weighted by molar-refractivity contribution is 6.30. The molecule has 0 aliphatic carbocycles. The molecule has 6 nitrogen and oxygen atoms in total. The Balaban J connectivity index is 1.49. The molecule has 1 N–H and O–H groups in total. The topological polar surface area (TPSA) is 67.9 Å². The van der Waals surface area contributed by atoms with Gasteiger partial charge in [0.25, 0.3) is 5.91 Å². The number of benzene rings is 2. The van der Waals surface area contributed by atoms with Gasteiger partial charge in [0, 0.05) is 29.7 Å². The minimum absolute atomic E-state index is 0.00299. The van der Waals surface area contributed by atoms with Crippen molar-refractivity contribution in [2.24, 2.45) is 0 Å². The van der Waals surface area contributed by atoms with Crippen molar-refractivity contribution in [1.82, 2.24) is 10.2 Å². The molecule has 3 rings (SSSR count). The van der Waals surface area contributed by atoms with E-state index in [1.165, 1.54) is 0 Å². The molecule has 0 aromatic heterocycles. The maximum atomic E-state index is 12.6. The van der Waals surface area contributed by atoms with Gasteiger partial charge in [0.05, 0.1) is 20.6 Å². The largest absolute Gasteiger partial charge is 0.493 e. The number of nitrogens with zero attached hydrogens (tertiary/aromatic N) is 1. The zero-order valence-corrected chi connectivity index (χ0v) is 17.4. The predicted molar refractivity (Wildman–Crippen MR) is 112 cm³/mol. The van der Waals surface area contributed by atoms with Crippen LogP contribution in [0.5, 0.6) is 11.5 Å². The van der Waals surface area contributed by atoms with E-state index in [0.29, 0.717) is 35.2 Å². The third kappa shape index (κ3) is 5.41. The van der Waals surface area contributed by atoms with Crippen LogP contribution < -0.4 is 14.8 Å². The molecule has 0 saturated carbocycles. The molecule has 1 aliphatic heterocycles. The van der Waals surface area contributed by atoms with Gasteiger partial charge >= 0.3 is 0 Å². The Morgan fingerprint density at radius 2 is 1.69 bits per heavy atom. The number of carbonyl (C=O) groups is 2. The SMILES string of the molecule is COc1ccc(CC(=O)NC2CCN(C(=O)c3ccc(Cl)cc3)CC2)cc1OC. The summed E-state index contributed by atoms with van der Waals surface area (Å²) in [4.78, 5) is 26.8. The molecule has 1 fully saturated rings. The first-order chi connectivity index (χ1) is 14.0. The Morgan fingerprint density at radius 3 is 2.31 bits per heavy atom. The molecular formula is C22H25ClN2O4. The lowest BCUT2D eigenvalue weighted by atomic mass is 10.0. The standard InChI is InChI=1S/C22H25ClN2O4/c1-28-19-8-3-15(13-20(19)29-2)14-21(26)24-18-9-11-25(12-10-18)22(27)16-4-6-17(23)7-5-16/h3-8,13,18H,9-12,14H2,1-2H3,(H,24,26). The average Bonchev–Trinajstić information content (AvgIpc) is 2.74. The summed E-state index contributed by atoms with van der Waals surface area (Å²) >= 11 is 5.88. The molecule has 0 unspecified atom stereocenters. The summed E-state index contributed by atoms with van der Waals surface area (Å²) in [6, 6.07) is 12.4. The highest BCUT2D eigenvalue weighted by Crippen LogP contribution is 2.27. The second-order valence-corrected chi connectivity index (χ2v) is 7.44. The molecule has 154 valence electrons. The Labute approximate surface area is 175 Å². The maximum Gasteiger partial charge on any atom is 0.253 e. The van der Waals surface area contributed by atoms with Gasteiger partial charge in [-0.1, -0.05) is 17.7 Å². The first-order valence-corrected chi connectivity index (χ1v) is 9.93. The monoisotopic (exact) mass is 416 g/mol. The van der Waals surface area contributed by atoms with Gasteiger partial charge in [0.1, 0.15) is 0 Å². The number of carbonyl (C=O) groups excluding carboxylic acids is 2. The van der Waals surface area contributed by atoms with Gasteiger partial charge in [-0.2, -0.15) is 0 Å². The van der Waals surface area contributed by atoms with Crippen molar-refractivity contribution < 1.29 is 19.1 Å². The summed E-state index contributed by atoms with van der Waals surface area (Å²) < 4.78 is 10.5. The average molecular weight is 417 g/mol. The van der Waals surface area contributed by atoms with E-state index >= 15 is 0 Å². The van der Waals surface area contributed by atoms with Crippen LogP contribution in [0.4, 0.5) is 0 Å². The van der Waals surface area contributed by atoms with Crippen LogP contribution in [-0.2, 0) is 11.2 Å². The predicted octanol–water partition coefficient (Wildman–Crippen LogP) is 3.32. The summed E-state index contributed by atoms with van der Waals surface area (Å²) in [5.41, 5.74) is 1.49. The zero-order valence-electron chi connectivity index (χ0n) is 16.6. The van der Waals surface area contributed by atoms with Crippen LogP contribution >= 0.6 is 11.6 Å². The fraction of sp³-hybridized carbons (Fsp3) is 0.364. The van der Waals surface area contributed by atoms with Crippen LogP contribution in [0.2, 0.25) is 5.02 Å². The van der Waals surface area contributed by atoms with Crippen LogP contribution in [0.3, 0.4) is 0 Å². The molecule has 1 saturated heterocycles. The molecule has 2 amide bonds. The normalized spacial score (nSPS) is 14.4. The van der Waals surface area contributed by atoms with Crippen molar-refractivity contribution in [3.63, 3.8) is 0 Å². The van der Waals surface area contributed by atoms with Crippen LogP contribution in [-0.4, -0.2) is 50.1 Å². The van der Waals surface area contributed by atoms with Gasteiger partial charge < -0.3 is 19.7 Å². The van der Waals surface area contributed by atoms with Crippen LogP contribution in [0, 0.1) is 0 Å². The van der Waals surface area contributed by atoms with E-state index in [-0.39, 0.29) is 24.3 Å². The number of amides is 2. The van der Waals surface area contributed by atoms with Crippen molar-refractivity contribution >= 4 is 23.4 Å². The molecule has 1 aliphatic rings. The van der Waals surface area contributed by atoms with E-state index in [1.54, 1.807) is 44.6 Å². The molecule has 1 heterocycles. The lowest BCUT2D eigenvalue weighted by Crippen LogP contribution is -2.46. The molecule has 29 heavy (non-hydrogen) atoms. The summed E-state index contributed by atoms with van der Waals surface area (Å²) in [6.07, 6.45) is 1.73. The van der Waals surface area contributed by atoms with Crippen LogP contribution in [0.15, 0.2) is 42.5 Å². The first kappa shape index (κ1) is 21.0. The number of halogens is 1. The second kappa shape index (κ2) is 9.65. The smallest absolute Gasteiger partial charge is 0.253 e. The van der Waals surface area contributed by atoms with E-state index in [2.05, 4.69) is 5.32 Å². The molecule has 0 spiro atoms. The number of nitrogens with one attached hydrogen (secondary N) is 1. The van der Waals surface area contributed by atoms with Crippen LogP contribution in [0.1, 0.15) is 28.8 Å². The highest BCUT2D eigenvalue weighted by Gasteiger charge is 2.24. The van der Waals surface area contributed by atoms with Gasteiger partial charge in [0.2, 0.25) is 5.91 Å². The Kier molecular flexibility index (Phi) is 6.99. The van der Waals surface area contributed by atoms with Crippen LogP contribution in [0.25, 0.3) is 0 Å². The summed E-state index contributed by atoms with van der Waals surface area (Å²) in [5.74, 6) is 1.19. The van der Waals surface area contributed by atoms with Gasteiger partial charge in [-0.25, -0.2) is 0 Å². The van der Waals surface area contributed by atoms with Gasteiger partial charge in [-0.15, -0.1) is 0 Å². The number of likely N-dealkylation sites (tertiary alicyclic amines) is 1. The molecule has 0 bridgehead atoms. The molecular weight excluding hydrogens is 392 g/mol. The van der Waals surface area contributed by atoms with E-state index in [9.17, 15) is 9.59 Å². The van der Waals surface area contributed by atoms with E-state index in [4.69, 9.17) is 21.1 Å². The van der Waals surface area contributed by atoms with Gasteiger partial charge in [-0.3, -0.25) is 9.59 Å². The summed E-state index contributed by atoms with van der Waals surface area (Å²) in [5, 5.41) is 3.68. The Morgan fingerprint density at radius 1 is 1.03 bits per heavy atom. The van der Waals surface area contributed by atoms with Crippen molar-refractivity contribution in [3.8, 4) is 11.5 Å². The second-order valence-electron chi connectivity index (χ2n) is 7.01. The minimum Gasteiger partial charge on any atom is -0.493 e. The van der Waals surface area contributed by atoms with Gasteiger partial charge in [-0.05, 0) is 54.8 Å². The highest BCUT2D eigenvalue weighted by atomic mass is 35.5. The van der Waals surface area contributed by atoms with E-state index in [1.807, 2.05) is 17.0 Å². The van der Waals surface area contributed by atoms with Crippen molar-refractivity contribution in [2.45, 2.75) is 25.3 Å².